The van der Waals surface area contributed by atoms with Crippen LogP contribution < -0.4 is 16.4 Å². The van der Waals surface area contributed by atoms with Gasteiger partial charge in [0.05, 0.1) is 12.1 Å². The molecule has 0 radical (unpaired) electrons. The molecule has 2 saturated heterocycles. The number of amides is 2. The summed E-state index contributed by atoms with van der Waals surface area (Å²) in [6.45, 7) is 0. The Hall–Kier alpha value is -0.930. The number of nitrogens with one attached hydrogen (secondary N) is 2. The molecule has 1 unspecified atom stereocenters. The van der Waals surface area contributed by atoms with E-state index in [1.165, 1.54) is 11.8 Å². The molecule has 0 saturated carbocycles. The van der Waals surface area contributed by atoms with Crippen molar-refractivity contribution in [2.75, 3.05) is 11.5 Å². The van der Waals surface area contributed by atoms with Gasteiger partial charge in [0.1, 0.15) is 6.04 Å². The fraction of sp³-hybridized carbons (Fsp3) is 0.786. The highest BCUT2D eigenvalue weighted by Crippen LogP contribution is 2.33. The highest BCUT2D eigenvalue weighted by atomic mass is 32.2. The molecule has 23 heavy (non-hydrogen) atoms. The van der Waals surface area contributed by atoms with E-state index in [1.54, 1.807) is 0 Å². The molecule has 9 heteroatoms. The number of hydrogen-bond donors (Lipinski definition) is 4. The minimum atomic E-state index is -1.03. The monoisotopic (exact) mass is 361 g/mol. The molecule has 2 aliphatic heterocycles. The summed E-state index contributed by atoms with van der Waals surface area (Å²) in [7, 11) is 0. The van der Waals surface area contributed by atoms with Gasteiger partial charge in [0.2, 0.25) is 0 Å². The third-order valence-corrected chi connectivity index (χ3v) is 6.54. The number of thioether (sulfide) groups is 2. The van der Waals surface area contributed by atoms with Gasteiger partial charge >= 0.3 is 12.0 Å². The van der Waals surface area contributed by atoms with Gasteiger partial charge in [0.15, 0.2) is 5.12 Å². The van der Waals surface area contributed by atoms with E-state index in [-0.39, 0.29) is 23.2 Å². The maximum atomic E-state index is 11.7. The molecule has 0 aromatic rings. The van der Waals surface area contributed by atoms with Crippen LogP contribution in [0.15, 0.2) is 0 Å². The van der Waals surface area contributed by atoms with Gasteiger partial charge in [-0.3, -0.25) is 9.59 Å². The van der Waals surface area contributed by atoms with Crippen molar-refractivity contribution in [3.63, 3.8) is 0 Å². The van der Waals surface area contributed by atoms with Crippen molar-refractivity contribution >= 4 is 40.6 Å². The third kappa shape index (κ3) is 5.58. The van der Waals surface area contributed by atoms with Gasteiger partial charge in [-0.2, -0.15) is 11.8 Å². The summed E-state index contributed by atoms with van der Waals surface area (Å²) in [5.74, 6) is 0.373. The van der Waals surface area contributed by atoms with Crippen LogP contribution in [0.1, 0.15) is 32.1 Å². The van der Waals surface area contributed by atoms with Crippen molar-refractivity contribution in [3.05, 3.63) is 0 Å². The summed E-state index contributed by atoms with van der Waals surface area (Å²) >= 11 is 3.04. The maximum absolute atomic E-state index is 11.7. The van der Waals surface area contributed by atoms with E-state index in [9.17, 15) is 14.4 Å². The Morgan fingerprint density at radius 2 is 2.17 bits per heavy atom. The van der Waals surface area contributed by atoms with Crippen molar-refractivity contribution in [2.45, 2.75) is 55.5 Å². The second-order valence-corrected chi connectivity index (χ2v) is 8.25. The van der Waals surface area contributed by atoms with Crippen LogP contribution in [0, 0.1) is 0 Å². The molecule has 2 aliphatic rings. The molecule has 2 heterocycles. The van der Waals surface area contributed by atoms with Gasteiger partial charge in [-0.1, -0.05) is 18.2 Å². The Morgan fingerprint density at radius 1 is 1.39 bits per heavy atom. The normalized spacial score (nSPS) is 27.2. The highest BCUT2D eigenvalue weighted by molar-refractivity contribution is 8.13. The fourth-order valence-corrected chi connectivity index (χ4v) is 5.18. The fourth-order valence-electron chi connectivity index (χ4n) is 2.75. The Kier molecular flexibility index (Phi) is 7.04. The van der Waals surface area contributed by atoms with Gasteiger partial charge in [-0.25, -0.2) is 4.79 Å². The zero-order valence-corrected chi connectivity index (χ0v) is 14.5. The van der Waals surface area contributed by atoms with Crippen LogP contribution in [-0.2, 0) is 9.59 Å². The number of hydrogen-bond acceptors (Lipinski definition) is 6. The summed E-state index contributed by atoms with van der Waals surface area (Å²) in [5.41, 5.74) is 5.38. The minimum Gasteiger partial charge on any atom is -0.480 e. The number of carbonyl (C=O) groups is 3. The second kappa shape index (κ2) is 8.79. The van der Waals surface area contributed by atoms with Crippen LogP contribution in [0.3, 0.4) is 0 Å². The first-order chi connectivity index (χ1) is 11.0. The van der Waals surface area contributed by atoms with E-state index in [4.69, 9.17) is 10.8 Å². The Balaban J connectivity index is 1.53. The lowest BCUT2D eigenvalue weighted by Crippen LogP contribution is -2.36. The maximum Gasteiger partial charge on any atom is 0.320 e. The summed E-state index contributed by atoms with van der Waals surface area (Å²) < 4.78 is 0. The molecular formula is C14H23N3O4S2. The lowest BCUT2D eigenvalue weighted by Gasteiger charge is -2.16. The van der Waals surface area contributed by atoms with Crippen molar-refractivity contribution in [1.29, 1.82) is 0 Å². The molecule has 5 N–H and O–H groups in total. The predicted octanol–water partition coefficient (Wildman–Crippen LogP) is 0.774. The van der Waals surface area contributed by atoms with Gasteiger partial charge < -0.3 is 21.5 Å². The van der Waals surface area contributed by atoms with E-state index in [0.29, 0.717) is 23.8 Å². The molecule has 2 fully saturated rings. The van der Waals surface area contributed by atoms with Crippen molar-refractivity contribution in [3.8, 4) is 0 Å². The number of fused-ring (bicyclic) bond motifs is 1. The smallest absolute Gasteiger partial charge is 0.320 e. The van der Waals surface area contributed by atoms with Crippen LogP contribution >= 0.6 is 23.5 Å². The van der Waals surface area contributed by atoms with Crippen LogP contribution in [0.4, 0.5) is 4.79 Å². The number of nitrogens with two attached hydrogens (primary N) is 1. The van der Waals surface area contributed by atoms with E-state index < -0.39 is 12.0 Å². The molecule has 4 atom stereocenters. The Morgan fingerprint density at radius 3 is 2.91 bits per heavy atom. The van der Waals surface area contributed by atoms with Crippen molar-refractivity contribution < 1.29 is 19.5 Å². The number of urea groups is 1. The first kappa shape index (κ1) is 18.4. The molecule has 7 nitrogen and oxygen atoms in total. The van der Waals surface area contributed by atoms with E-state index in [1.807, 2.05) is 11.8 Å². The minimum absolute atomic E-state index is 0.0727. The molecule has 2 rings (SSSR count). The summed E-state index contributed by atoms with van der Waals surface area (Å²) in [6.07, 6.45) is 3.59. The highest BCUT2D eigenvalue weighted by Gasteiger charge is 2.42. The summed E-state index contributed by atoms with van der Waals surface area (Å²) in [5, 5.41) is 15.0. The van der Waals surface area contributed by atoms with Crippen LogP contribution in [0.2, 0.25) is 0 Å². The Bertz CT molecular complexity index is 463. The largest absolute Gasteiger partial charge is 0.480 e. The second-order valence-electron chi connectivity index (χ2n) is 5.82. The first-order valence-corrected chi connectivity index (χ1v) is 9.83. The van der Waals surface area contributed by atoms with Crippen molar-refractivity contribution in [2.24, 2.45) is 5.73 Å². The van der Waals surface area contributed by atoms with E-state index in [2.05, 4.69) is 10.6 Å². The average molecular weight is 361 g/mol. The molecule has 0 aromatic heterocycles. The molecule has 130 valence electrons. The molecule has 0 spiro atoms. The van der Waals surface area contributed by atoms with Gasteiger partial charge in [0, 0.05) is 23.2 Å². The molecule has 0 aliphatic carbocycles. The number of carbonyl (C=O) groups excluding carboxylic acids is 2. The van der Waals surface area contributed by atoms with Crippen molar-refractivity contribution in [1.82, 2.24) is 10.6 Å². The average Bonchev–Trinajstić information content (AvgIpc) is 3.03. The van der Waals surface area contributed by atoms with E-state index >= 15 is 0 Å². The van der Waals surface area contributed by atoms with Crippen LogP contribution in [-0.4, -0.2) is 57.1 Å². The predicted molar refractivity (Wildman–Crippen MR) is 91.7 cm³/mol. The summed E-state index contributed by atoms with van der Waals surface area (Å²) in [4.78, 5) is 33.6. The topological polar surface area (TPSA) is 122 Å². The standard InChI is InChI=1S/C14H23N3O4S2/c15-8(13(19)20)5-6-22-11(18)4-2-1-3-10-12-9(7-23-10)16-14(21)17-12/h8-10,12H,1-7,15H2,(H,19,20)(H2,16,17,21)/t8?,9-,10-,12-/m0/s1. The SMILES string of the molecule is NC(CCSC(=O)CCCC[C@@H]1SC[C@@H]2NC(=O)N[C@@H]21)C(=O)O. The molecule has 0 bridgehead atoms. The van der Waals surface area contributed by atoms with Gasteiger partial charge in [-0.05, 0) is 19.3 Å². The first-order valence-electron chi connectivity index (χ1n) is 7.80. The number of aliphatic carboxylic acids is 1. The zero-order valence-electron chi connectivity index (χ0n) is 12.8. The van der Waals surface area contributed by atoms with E-state index in [0.717, 1.165) is 25.0 Å². The molecule has 2 amide bonds. The lowest BCUT2D eigenvalue weighted by molar-refractivity contribution is -0.138. The van der Waals surface area contributed by atoms with Crippen LogP contribution in [0.25, 0.3) is 0 Å². The van der Waals surface area contributed by atoms with Crippen LogP contribution in [0.5, 0.6) is 0 Å². The van der Waals surface area contributed by atoms with Gasteiger partial charge in [0.25, 0.3) is 0 Å². The third-order valence-electron chi connectivity index (χ3n) is 4.07. The zero-order chi connectivity index (χ0) is 16.8. The number of unbranched alkanes of at least 4 members (excludes halogenated alkanes) is 1. The molecule has 0 aromatic carbocycles. The molecular weight excluding hydrogens is 338 g/mol. The summed E-state index contributed by atoms with van der Waals surface area (Å²) in [6, 6.07) is -0.502. The quantitative estimate of drug-likeness (QED) is 0.353. The number of carboxylic acid groups (broad SMARTS) is 1. The Labute approximate surface area is 143 Å². The number of carboxylic acids is 1. The lowest BCUT2D eigenvalue weighted by atomic mass is 10.0. The van der Waals surface area contributed by atoms with Gasteiger partial charge in [-0.15, -0.1) is 0 Å². The number of rotatable bonds is 9.